The lowest BCUT2D eigenvalue weighted by Gasteiger charge is -2.23. The number of hydrogen-bond donors (Lipinski definition) is 2. The number of ether oxygens (including phenoxy) is 1. The summed E-state index contributed by atoms with van der Waals surface area (Å²) in [6.45, 7) is 4.28. The molecule has 3 N–H and O–H groups in total. The van der Waals surface area contributed by atoms with Gasteiger partial charge in [-0.1, -0.05) is 6.92 Å². The Morgan fingerprint density at radius 3 is 2.83 bits per heavy atom. The van der Waals surface area contributed by atoms with Gasteiger partial charge in [-0.05, 0) is 44.1 Å². The summed E-state index contributed by atoms with van der Waals surface area (Å²) in [6.07, 6.45) is 2.04. The Kier molecular flexibility index (Phi) is 5.61. The highest BCUT2D eigenvalue weighted by Crippen LogP contribution is 2.25. The van der Waals surface area contributed by atoms with E-state index in [9.17, 15) is 13.2 Å². The summed E-state index contributed by atoms with van der Waals surface area (Å²) in [5.74, 6) is -0.502. The van der Waals surface area contributed by atoms with E-state index in [2.05, 4.69) is 16.5 Å². The fraction of sp³-hybridized carbons (Fsp3) is 0.533. The topological polar surface area (TPSA) is 102 Å². The van der Waals surface area contributed by atoms with Gasteiger partial charge in [0.1, 0.15) is 10.6 Å². The first-order chi connectivity index (χ1) is 10.9. The van der Waals surface area contributed by atoms with Gasteiger partial charge in [0.15, 0.2) is 0 Å². The molecular formula is C15H23N3O4S. The van der Waals surface area contributed by atoms with Crippen molar-refractivity contribution in [1.29, 1.82) is 0 Å². The summed E-state index contributed by atoms with van der Waals surface area (Å²) in [7, 11) is -2.40. The molecule has 1 saturated heterocycles. The lowest BCUT2D eigenvalue weighted by atomic mass is 10.2. The predicted octanol–water partition coefficient (Wildman–Crippen LogP) is 0.557. The second kappa shape index (κ2) is 7.29. The second-order valence-electron chi connectivity index (χ2n) is 5.51. The van der Waals surface area contributed by atoms with Crippen LogP contribution in [0.3, 0.4) is 0 Å². The van der Waals surface area contributed by atoms with E-state index in [1.807, 2.05) is 0 Å². The van der Waals surface area contributed by atoms with Crippen LogP contribution in [0.4, 0.5) is 0 Å². The van der Waals surface area contributed by atoms with Gasteiger partial charge in [0.05, 0.1) is 7.11 Å². The van der Waals surface area contributed by atoms with E-state index in [4.69, 9.17) is 10.5 Å². The number of nitrogens with two attached hydrogens (primary N) is 1. The molecule has 0 saturated carbocycles. The van der Waals surface area contributed by atoms with Crippen LogP contribution in [0.15, 0.2) is 23.1 Å². The van der Waals surface area contributed by atoms with E-state index in [1.165, 1.54) is 25.3 Å². The van der Waals surface area contributed by atoms with Crippen molar-refractivity contribution in [2.75, 3.05) is 26.7 Å². The Morgan fingerprint density at radius 1 is 1.48 bits per heavy atom. The third kappa shape index (κ3) is 4.01. The number of carbonyl (C=O) groups is 1. The molecule has 0 bridgehead atoms. The van der Waals surface area contributed by atoms with Gasteiger partial charge in [0, 0.05) is 18.2 Å². The van der Waals surface area contributed by atoms with Gasteiger partial charge in [0.2, 0.25) is 15.9 Å². The summed E-state index contributed by atoms with van der Waals surface area (Å²) in [5.41, 5.74) is 5.35. The number of hydrogen-bond acceptors (Lipinski definition) is 5. The molecule has 2 rings (SSSR count). The van der Waals surface area contributed by atoms with E-state index in [1.54, 1.807) is 0 Å². The van der Waals surface area contributed by atoms with Gasteiger partial charge < -0.3 is 10.5 Å². The first kappa shape index (κ1) is 17.7. The molecule has 23 heavy (non-hydrogen) atoms. The number of sulfonamides is 1. The van der Waals surface area contributed by atoms with Crippen molar-refractivity contribution in [3.8, 4) is 5.75 Å². The summed E-state index contributed by atoms with van der Waals surface area (Å²) >= 11 is 0. The van der Waals surface area contributed by atoms with Gasteiger partial charge in [-0.25, -0.2) is 13.1 Å². The van der Waals surface area contributed by atoms with Crippen molar-refractivity contribution in [3.05, 3.63) is 23.8 Å². The number of carbonyl (C=O) groups excluding carboxylic acids is 1. The minimum absolute atomic E-state index is 0.0719. The minimum Gasteiger partial charge on any atom is -0.495 e. The van der Waals surface area contributed by atoms with Gasteiger partial charge in [-0.2, -0.15) is 0 Å². The maximum Gasteiger partial charge on any atom is 0.248 e. The summed E-state index contributed by atoms with van der Waals surface area (Å²) in [4.78, 5) is 13.5. The molecule has 0 aromatic heterocycles. The summed E-state index contributed by atoms with van der Waals surface area (Å²) in [5, 5.41) is 0. The van der Waals surface area contributed by atoms with Crippen LogP contribution in [0.5, 0.6) is 5.75 Å². The first-order valence-corrected chi connectivity index (χ1v) is 9.09. The number of nitrogens with zero attached hydrogens (tertiary/aromatic N) is 1. The van der Waals surface area contributed by atoms with Gasteiger partial charge in [0.25, 0.3) is 0 Å². The standard InChI is InChI=1S/C15H23N3O4S/c1-3-18-8-4-5-12(18)10-17-23(20,21)14-9-11(15(16)19)6-7-13(14)22-2/h6-7,9,12,17H,3-5,8,10H2,1-2H3,(H2,16,19). The molecule has 0 radical (unpaired) electrons. The number of likely N-dealkylation sites (tertiary alicyclic amines) is 1. The zero-order valence-electron chi connectivity index (χ0n) is 13.4. The maximum absolute atomic E-state index is 12.6. The number of benzene rings is 1. The minimum atomic E-state index is -3.79. The fourth-order valence-electron chi connectivity index (χ4n) is 2.87. The predicted molar refractivity (Wildman–Crippen MR) is 87.0 cm³/mol. The number of amides is 1. The normalized spacial score (nSPS) is 19.0. The number of nitrogens with one attached hydrogen (secondary N) is 1. The van der Waals surface area contributed by atoms with Crippen LogP contribution in [-0.4, -0.2) is 52.0 Å². The number of rotatable bonds is 7. The van der Waals surface area contributed by atoms with Crippen LogP contribution in [0, 0.1) is 0 Å². The molecule has 1 fully saturated rings. The molecule has 1 unspecified atom stereocenters. The van der Waals surface area contributed by atoms with Crippen LogP contribution in [-0.2, 0) is 10.0 Å². The first-order valence-electron chi connectivity index (χ1n) is 7.60. The molecule has 0 aliphatic carbocycles. The summed E-state index contributed by atoms with van der Waals surface area (Å²) in [6, 6.07) is 4.31. The molecule has 8 heteroatoms. The van der Waals surface area contributed by atoms with Crippen molar-refractivity contribution in [3.63, 3.8) is 0 Å². The van der Waals surface area contributed by atoms with Crippen LogP contribution in [0.25, 0.3) is 0 Å². The molecule has 7 nitrogen and oxygen atoms in total. The lowest BCUT2D eigenvalue weighted by molar-refractivity contribution is 0.1000. The smallest absolute Gasteiger partial charge is 0.248 e. The highest BCUT2D eigenvalue weighted by Gasteiger charge is 2.26. The molecule has 128 valence electrons. The number of likely N-dealkylation sites (N-methyl/N-ethyl adjacent to an activating group) is 1. The molecular weight excluding hydrogens is 318 g/mol. The molecule has 1 aromatic rings. The molecule has 1 heterocycles. The van der Waals surface area contributed by atoms with Gasteiger partial charge >= 0.3 is 0 Å². The van der Waals surface area contributed by atoms with Crippen molar-refractivity contribution in [1.82, 2.24) is 9.62 Å². The van der Waals surface area contributed by atoms with E-state index in [-0.39, 0.29) is 22.3 Å². The van der Waals surface area contributed by atoms with Crippen LogP contribution < -0.4 is 15.2 Å². The highest BCUT2D eigenvalue weighted by atomic mass is 32.2. The third-order valence-electron chi connectivity index (χ3n) is 4.15. The van der Waals surface area contributed by atoms with Crippen LogP contribution in [0.2, 0.25) is 0 Å². The van der Waals surface area contributed by atoms with Crippen LogP contribution in [0.1, 0.15) is 30.1 Å². The Balaban J connectivity index is 2.21. The van der Waals surface area contributed by atoms with E-state index < -0.39 is 15.9 Å². The fourth-order valence-corrected chi connectivity index (χ4v) is 4.13. The van der Waals surface area contributed by atoms with Crippen molar-refractivity contribution >= 4 is 15.9 Å². The van der Waals surface area contributed by atoms with E-state index >= 15 is 0 Å². The number of methoxy groups -OCH3 is 1. The highest BCUT2D eigenvalue weighted by molar-refractivity contribution is 7.89. The monoisotopic (exact) mass is 341 g/mol. The number of primary amides is 1. The van der Waals surface area contributed by atoms with Gasteiger partial charge in [-0.3, -0.25) is 9.69 Å². The lowest BCUT2D eigenvalue weighted by Crippen LogP contribution is -2.40. The molecule has 0 spiro atoms. The van der Waals surface area contributed by atoms with Crippen molar-refractivity contribution in [2.45, 2.75) is 30.7 Å². The SMILES string of the molecule is CCN1CCCC1CNS(=O)(=O)c1cc(C(N)=O)ccc1OC. The third-order valence-corrected chi connectivity index (χ3v) is 5.60. The van der Waals surface area contributed by atoms with Gasteiger partial charge in [-0.15, -0.1) is 0 Å². The molecule has 1 aliphatic heterocycles. The average Bonchev–Trinajstić information content (AvgIpc) is 2.99. The molecule has 1 amide bonds. The Labute approximate surface area is 136 Å². The zero-order valence-corrected chi connectivity index (χ0v) is 14.2. The Bertz CT molecular complexity index is 675. The van der Waals surface area contributed by atoms with Crippen molar-refractivity contribution in [2.24, 2.45) is 5.73 Å². The van der Waals surface area contributed by atoms with E-state index in [0.29, 0.717) is 6.54 Å². The Morgan fingerprint density at radius 2 is 2.22 bits per heavy atom. The zero-order chi connectivity index (χ0) is 17.0. The molecule has 1 aromatic carbocycles. The maximum atomic E-state index is 12.6. The largest absolute Gasteiger partial charge is 0.495 e. The molecule has 1 aliphatic rings. The average molecular weight is 341 g/mol. The second-order valence-corrected chi connectivity index (χ2v) is 7.24. The van der Waals surface area contributed by atoms with Crippen LogP contribution >= 0.6 is 0 Å². The summed E-state index contributed by atoms with van der Waals surface area (Å²) < 4.78 is 32.9. The van der Waals surface area contributed by atoms with E-state index in [0.717, 1.165) is 25.9 Å². The molecule has 1 atom stereocenters. The van der Waals surface area contributed by atoms with Crippen molar-refractivity contribution < 1.29 is 17.9 Å². The quantitative estimate of drug-likeness (QED) is 0.754. The Hall–Kier alpha value is -1.64.